The minimum atomic E-state index is -2.91. The average Bonchev–Trinajstić information content (AvgIpc) is 2.30. The van der Waals surface area contributed by atoms with Crippen molar-refractivity contribution in [3.8, 4) is 11.4 Å². The molecule has 0 spiro atoms. The van der Waals surface area contributed by atoms with Gasteiger partial charge < -0.3 is 9.30 Å². The Kier molecular flexibility index (Phi) is 4.23. The highest BCUT2D eigenvalue weighted by Crippen LogP contribution is 2.29. The lowest BCUT2D eigenvalue weighted by Crippen LogP contribution is -2.13. The molecule has 0 saturated heterocycles. The molecule has 3 nitrogen and oxygen atoms in total. The number of ether oxygens (including phenoxy) is 1. The molecule has 0 fully saturated rings. The van der Waals surface area contributed by atoms with Crippen LogP contribution in [-0.4, -0.2) is 11.2 Å². The molecule has 1 aromatic heterocycles. The van der Waals surface area contributed by atoms with E-state index in [0.29, 0.717) is 17.1 Å². The van der Waals surface area contributed by atoms with E-state index in [0.717, 1.165) is 4.47 Å². The lowest BCUT2D eigenvalue weighted by Gasteiger charge is -2.18. The largest absolute Gasteiger partial charge is 0.433 e. The second kappa shape index (κ2) is 5.75. The third-order valence-corrected chi connectivity index (χ3v) is 3.28. The fraction of sp³-hybridized carbons (Fsp3) is 0.214. The lowest BCUT2D eigenvalue weighted by molar-refractivity contribution is -0.0498. The molecule has 6 heteroatoms. The Morgan fingerprint density at radius 1 is 1.15 bits per heavy atom. The normalized spacial score (nSPS) is 10.9. The summed E-state index contributed by atoms with van der Waals surface area (Å²) in [6, 6.07) is 7.64. The molecule has 2 aromatic rings. The van der Waals surface area contributed by atoms with Crippen LogP contribution in [-0.2, 0) is 0 Å². The molecular weight excluding hydrogens is 332 g/mol. The Morgan fingerprint density at radius 3 is 2.30 bits per heavy atom. The molecule has 0 saturated carbocycles. The third-order valence-electron chi connectivity index (χ3n) is 2.79. The fourth-order valence-corrected chi connectivity index (χ4v) is 2.45. The van der Waals surface area contributed by atoms with Crippen molar-refractivity contribution in [3.63, 3.8) is 0 Å². The molecular formula is C14H12BrF2NO2. The summed E-state index contributed by atoms with van der Waals surface area (Å²) in [6.45, 7) is 0.568. The van der Waals surface area contributed by atoms with Crippen LogP contribution in [0.1, 0.15) is 11.4 Å². The van der Waals surface area contributed by atoms with Crippen molar-refractivity contribution in [3.05, 3.63) is 56.4 Å². The molecule has 0 bridgehead atoms. The standard InChI is InChI=1S/C14H12BrF2NO2/c1-8-5-11(19)6-9(2)18(8)12-7-10(15)3-4-13(12)20-14(16)17/h3-7,14H,1-2H3. The zero-order chi connectivity index (χ0) is 14.9. The van der Waals surface area contributed by atoms with Gasteiger partial charge in [0.25, 0.3) is 0 Å². The van der Waals surface area contributed by atoms with Crippen molar-refractivity contribution >= 4 is 15.9 Å². The summed E-state index contributed by atoms with van der Waals surface area (Å²) in [5.74, 6) is 0.0537. The molecule has 0 unspecified atom stereocenters. The highest BCUT2D eigenvalue weighted by atomic mass is 79.9. The van der Waals surface area contributed by atoms with Gasteiger partial charge in [-0.1, -0.05) is 15.9 Å². The van der Waals surface area contributed by atoms with Crippen LogP contribution < -0.4 is 10.2 Å². The number of benzene rings is 1. The smallest absolute Gasteiger partial charge is 0.387 e. The molecule has 106 valence electrons. The van der Waals surface area contributed by atoms with Crippen molar-refractivity contribution in [1.82, 2.24) is 4.57 Å². The van der Waals surface area contributed by atoms with E-state index in [1.54, 1.807) is 30.5 Å². The van der Waals surface area contributed by atoms with Gasteiger partial charge in [-0.05, 0) is 32.0 Å². The number of aromatic nitrogens is 1. The van der Waals surface area contributed by atoms with Crippen LogP contribution in [0.25, 0.3) is 5.69 Å². The number of rotatable bonds is 3. The summed E-state index contributed by atoms with van der Waals surface area (Å²) in [7, 11) is 0. The molecule has 1 heterocycles. The predicted octanol–water partition coefficient (Wildman–Crippen LogP) is 3.82. The maximum Gasteiger partial charge on any atom is 0.387 e. The zero-order valence-electron chi connectivity index (χ0n) is 10.9. The number of aryl methyl sites for hydroxylation is 2. The van der Waals surface area contributed by atoms with Crippen LogP contribution in [0.15, 0.2) is 39.6 Å². The summed E-state index contributed by atoms with van der Waals surface area (Å²) >= 11 is 3.31. The lowest BCUT2D eigenvalue weighted by atomic mass is 10.2. The Hall–Kier alpha value is -1.69. The quantitative estimate of drug-likeness (QED) is 0.848. The van der Waals surface area contributed by atoms with Gasteiger partial charge >= 0.3 is 6.61 Å². The van der Waals surface area contributed by atoms with E-state index >= 15 is 0 Å². The minimum absolute atomic E-state index is 0.0537. The van der Waals surface area contributed by atoms with Gasteiger partial charge in [0, 0.05) is 28.0 Å². The molecule has 0 amide bonds. The van der Waals surface area contributed by atoms with Gasteiger partial charge in [-0.3, -0.25) is 4.79 Å². The average molecular weight is 344 g/mol. The van der Waals surface area contributed by atoms with Crippen LogP contribution >= 0.6 is 15.9 Å². The van der Waals surface area contributed by atoms with E-state index in [9.17, 15) is 13.6 Å². The summed E-state index contributed by atoms with van der Waals surface area (Å²) in [5.41, 5.74) is 1.62. The second-order valence-corrected chi connectivity index (χ2v) is 5.22. The number of alkyl halides is 2. The maximum atomic E-state index is 12.5. The molecule has 20 heavy (non-hydrogen) atoms. The number of halogens is 3. The first-order valence-corrected chi connectivity index (χ1v) is 6.63. The first-order chi connectivity index (χ1) is 9.38. The van der Waals surface area contributed by atoms with E-state index in [2.05, 4.69) is 20.7 Å². The molecule has 2 rings (SSSR count). The minimum Gasteiger partial charge on any atom is -0.433 e. The van der Waals surface area contributed by atoms with Crippen LogP contribution in [0.4, 0.5) is 8.78 Å². The predicted molar refractivity (Wildman–Crippen MR) is 75.8 cm³/mol. The molecule has 0 aliphatic heterocycles. The highest BCUT2D eigenvalue weighted by Gasteiger charge is 2.14. The third kappa shape index (κ3) is 3.07. The molecule has 0 atom stereocenters. The topological polar surface area (TPSA) is 31.2 Å². The molecule has 1 aromatic carbocycles. The van der Waals surface area contributed by atoms with E-state index < -0.39 is 6.61 Å². The van der Waals surface area contributed by atoms with Gasteiger partial charge in [0.2, 0.25) is 0 Å². The Morgan fingerprint density at radius 2 is 1.75 bits per heavy atom. The number of pyridine rings is 1. The Bertz CT molecular complexity index is 672. The van der Waals surface area contributed by atoms with Crippen molar-refractivity contribution < 1.29 is 13.5 Å². The van der Waals surface area contributed by atoms with E-state index in [4.69, 9.17) is 0 Å². The molecule has 0 aliphatic rings. The number of nitrogens with zero attached hydrogens (tertiary/aromatic N) is 1. The van der Waals surface area contributed by atoms with Crippen LogP contribution in [0.3, 0.4) is 0 Å². The summed E-state index contributed by atoms with van der Waals surface area (Å²) in [4.78, 5) is 11.5. The molecule has 0 N–H and O–H groups in total. The highest BCUT2D eigenvalue weighted by molar-refractivity contribution is 9.10. The summed E-state index contributed by atoms with van der Waals surface area (Å²) < 4.78 is 31.9. The van der Waals surface area contributed by atoms with Crippen LogP contribution in [0.5, 0.6) is 5.75 Å². The van der Waals surface area contributed by atoms with E-state index in [1.165, 1.54) is 18.2 Å². The SMILES string of the molecule is Cc1cc(=O)cc(C)n1-c1cc(Br)ccc1OC(F)F. The number of hydrogen-bond acceptors (Lipinski definition) is 2. The second-order valence-electron chi connectivity index (χ2n) is 4.30. The van der Waals surface area contributed by atoms with E-state index in [-0.39, 0.29) is 11.2 Å². The van der Waals surface area contributed by atoms with Gasteiger partial charge in [-0.2, -0.15) is 8.78 Å². The number of hydrogen-bond donors (Lipinski definition) is 0. The van der Waals surface area contributed by atoms with Crippen LogP contribution in [0, 0.1) is 13.8 Å². The fourth-order valence-electron chi connectivity index (χ4n) is 2.10. The van der Waals surface area contributed by atoms with Crippen LogP contribution in [0.2, 0.25) is 0 Å². The van der Waals surface area contributed by atoms with Gasteiger partial charge in [-0.15, -0.1) is 0 Å². The molecule has 0 radical (unpaired) electrons. The van der Waals surface area contributed by atoms with Crippen molar-refractivity contribution in [2.24, 2.45) is 0 Å². The Labute approximate surface area is 122 Å². The van der Waals surface area contributed by atoms with Gasteiger partial charge in [0.15, 0.2) is 5.43 Å². The van der Waals surface area contributed by atoms with Crippen molar-refractivity contribution in [2.75, 3.05) is 0 Å². The monoisotopic (exact) mass is 343 g/mol. The van der Waals surface area contributed by atoms with Gasteiger partial charge in [0.1, 0.15) is 5.75 Å². The first kappa shape index (κ1) is 14.7. The molecule has 0 aliphatic carbocycles. The van der Waals surface area contributed by atoms with Gasteiger partial charge in [-0.25, -0.2) is 0 Å². The van der Waals surface area contributed by atoms with Crippen molar-refractivity contribution in [1.29, 1.82) is 0 Å². The summed E-state index contributed by atoms with van der Waals surface area (Å²) in [5, 5.41) is 0. The Balaban J connectivity index is 2.68. The van der Waals surface area contributed by atoms with E-state index in [1.807, 2.05) is 0 Å². The first-order valence-electron chi connectivity index (χ1n) is 5.83. The zero-order valence-corrected chi connectivity index (χ0v) is 12.4. The van der Waals surface area contributed by atoms with Gasteiger partial charge in [0.05, 0.1) is 5.69 Å². The van der Waals surface area contributed by atoms with Crippen molar-refractivity contribution in [2.45, 2.75) is 20.5 Å². The summed E-state index contributed by atoms with van der Waals surface area (Å²) in [6.07, 6.45) is 0. The maximum absolute atomic E-state index is 12.5.